The number of rotatable bonds is 5. The first-order valence-electron chi connectivity index (χ1n) is 6.74. The van der Waals surface area contributed by atoms with Crippen LogP contribution in [0.2, 0.25) is 0 Å². The van der Waals surface area contributed by atoms with Gasteiger partial charge in [-0.2, -0.15) is 10.4 Å². The van der Waals surface area contributed by atoms with Crippen LogP contribution in [-0.4, -0.2) is 25.2 Å². The minimum Gasteiger partial charge on any atom is -0.326 e. The van der Waals surface area contributed by atoms with Crippen molar-refractivity contribution in [3.8, 4) is 6.07 Å². The van der Waals surface area contributed by atoms with Gasteiger partial charge in [0, 0.05) is 31.2 Å². The largest absolute Gasteiger partial charge is 0.326 e. The van der Waals surface area contributed by atoms with Gasteiger partial charge in [-0.15, -0.1) is 11.6 Å². The first kappa shape index (κ1) is 13.7. The van der Waals surface area contributed by atoms with E-state index in [1.807, 2.05) is 29.1 Å². The molecule has 0 saturated heterocycles. The van der Waals surface area contributed by atoms with Crippen LogP contribution >= 0.6 is 11.6 Å². The maximum absolute atomic E-state index is 9.06. The third-order valence-electron chi connectivity index (χ3n) is 3.39. The summed E-state index contributed by atoms with van der Waals surface area (Å²) >= 11 is 5.87. The maximum atomic E-state index is 9.06. The first-order chi connectivity index (χ1) is 10.3. The molecule has 21 heavy (non-hydrogen) atoms. The fraction of sp³-hybridized carbons (Fsp3) is 0.267. The molecular formula is C15H14ClN5. The Kier molecular flexibility index (Phi) is 3.89. The van der Waals surface area contributed by atoms with Crippen molar-refractivity contribution >= 4 is 22.6 Å². The Labute approximate surface area is 127 Å². The standard InChI is InChI=1S/C15H14ClN5/c16-5-4-15-19-13-3-2-12(11-17)10-14(13)21(15)9-8-20-7-1-6-18-20/h1-3,6-7,10H,4-5,8-9H2. The van der Waals surface area contributed by atoms with E-state index in [-0.39, 0.29) is 0 Å². The molecule has 0 amide bonds. The monoisotopic (exact) mass is 299 g/mol. The molecule has 0 radical (unpaired) electrons. The molecule has 0 fully saturated rings. The Morgan fingerprint density at radius 1 is 1.29 bits per heavy atom. The van der Waals surface area contributed by atoms with Crippen LogP contribution in [0.15, 0.2) is 36.7 Å². The third kappa shape index (κ3) is 2.76. The summed E-state index contributed by atoms with van der Waals surface area (Å²) in [6, 6.07) is 9.63. The quantitative estimate of drug-likeness (QED) is 0.680. The van der Waals surface area contributed by atoms with E-state index in [1.165, 1.54) is 0 Å². The Morgan fingerprint density at radius 2 is 2.19 bits per heavy atom. The SMILES string of the molecule is N#Cc1ccc2nc(CCCl)n(CCn3cccn3)c2c1. The zero-order chi connectivity index (χ0) is 14.7. The molecule has 0 aliphatic carbocycles. The molecule has 0 N–H and O–H groups in total. The van der Waals surface area contributed by atoms with Crippen LogP contribution in [0, 0.1) is 11.3 Å². The summed E-state index contributed by atoms with van der Waals surface area (Å²) in [5.41, 5.74) is 2.51. The number of nitriles is 1. The number of hydrogen-bond donors (Lipinski definition) is 0. The Hall–Kier alpha value is -2.32. The zero-order valence-corrected chi connectivity index (χ0v) is 12.2. The van der Waals surface area contributed by atoms with Crippen LogP contribution in [0.1, 0.15) is 11.4 Å². The molecule has 1 aromatic carbocycles. The van der Waals surface area contributed by atoms with Gasteiger partial charge in [0.05, 0.1) is 29.2 Å². The average molecular weight is 300 g/mol. The van der Waals surface area contributed by atoms with Crippen LogP contribution in [0.4, 0.5) is 0 Å². The average Bonchev–Trinajstić information content (AvgIpc) is 3.12. The summed E-state index contributed by atoms with van der Waals surface area (Å²) in [4.78, 5) is 4.62. The molecule has 6 heteroatoms. The zero-order valence-electron chi connectivity index (χ0n) is 11.4. The van der Waals surface area contributed by atoms with Gasteiger partial charge in [-0.3, -0.25) is 4.68 Å². The number of halogens is 1. The number of imidazole rings is 1. The molecule has 2 heterocycles. The molecular weight excluding hydrogens is 286 g/mol. The number of alkyl halides is 1. The van der Waals surface area contributed by atoms with E-state index in [9.17, 15) is 0 Å². The predicted molar refractivity (Wildman–Crippen MR) is 81.1 cm³/mol. The van der Waals surface area contributed by atoms with Crippen molar-refractivity contribution in [1.29, 1.82) is 5.26 Å². The van der Waals surface area contributed by atoms with E-state index in [2.05, 4.69) is 20.7 Å². The highest BCUT2D eigenvalue weighted by molar-refractivity contribution is 6.17. The number of hydrogen-bond acceptors (Lipinski definition) is 3. The van der Waals surface area contributed by atoms with Crippen LogP contribution in [0.3, 0.4) is 0 Å². The maximum Gasteiger partial charge on any atom is 0.111 e. The molecule has 3 aromatic rings. The molecule has 0 saturated carbocycles. The van der Waals surface area contributed by atoms with E-state index >= 15 is 0 Å². The van der Waals surface area contributed by atoms with Crippen molar-refractivity contribution in [2.24, 2.45) is 0 Å². The lowest BCUT2D eigenvalue weighted by Crippen LogP contribution is -2.11. The van der Waals surface area contributed by atoms with E-state index in [0.717, 1.165) is 29.9 Å². The van der Waals surface area contributed by atoms with E-state index in [1.54, 1.807) is 12.3 Å². The number of benzene rings is 1. The normalized spacial score (nSPS) is 10.9. The van der Waals surface area contributed by atoms with Crippen LogP contribution in [-0.2, 0) is 19.5 Å². The van der Waals surface area contributed by atoms with Gasteiger partial charge in [0.25, 0.3) is 0 Å². The summed E-state index contributed by atoms with van der Waals surface area (Å²) in [6.07, 6.45) is 4.40. The van der Waals surface area contributed by atoms with Crippen LogP contribution in [0.25, 0.3) is 11.0 Å². The molecule has 0 unspecified atom stereocenters. The molecule has 3 rings (SSSR count). The summed E-state index contributed by atoms with van der Waals surface area (Å²) in [6.45, 7) is 1.50. The van der Waals surface area contributed by atoms with E-state index in [4.69, 9.17) is 16.9 Å². The smallest absolute Gasteiger partial charge is 0.111 e. The lowest BCUT2D eigenvalue weighted by Gasteiger charge is -2.08. The number of aromatic nitrogens is 4. The number of nitrogens with zero attached hydrogens (tertiary/aromatic N) is 5. The number of fused-ring (bicyclic) bond motifs is 1. The van der Waals surface area contributed by atoms with Gasteiger partial charge >= 0.3 is 0 Å². The summed E-state index contributed by atoms with van der Waals surface area (Å²) in [5.74, 6) is 1.47. The Morgan fingerprint density at radius 3 is 2.90 bits per heavy atom. The lowest BCUT2D eigenvalue weighted by molar-refractivity contribution is 0.530. The fourth-order valence-electron chi connectivity index (χ4n) is 2.40. The second kappa shape index (κ2) is 5.98. The molecule has 0 bridgehead atoms. The van der Waals surface area contributed by atoms with Crippen molar-refractivity contribution in [3.63, 3.8) is 0 Å². The molecule has 0 atom stereocenters. The van der Waals surface area contributed by atoms with Gasteiger partial charge in [-0.05, 0) is 24.3 Å². The van der Waals surface area contributed by atoms with Crippen molar-refractivity contribution < 1.29 is 0 Å². The minimum absolute atomic E-state index is 0.524. The van der Waals surface area contributed by atoms with E-state index < -0.39 is 0 Å². The summed E-state index contributed by atoms with van der Waals surface area (Å²) in [5, 5.41) is 13.3. The van der Waals surface area contributed by atoms with Crippen molar-refractivity contribution in [2.75, 3.05) is 5.88 Å². The highest BCUT2D eigenvalue weighted by atomic mass is 35.5. The Bertz CT molecular complexity index is 782. The van der Waals surface area contributed by atoms with Gasteiger partial charge in [-0.25, -0.2) is 4.98 Å². The van der Waals surface area contributed by atoms with Gasteiger partial charge in [0.1, 0.15) is 5.82 Å². The molecule has 0 spiro atoms. The van der Waals surface area contributed by atoms with Crippen LogP contribution in [0.5, 0.6) is 0 Å². The summed E-state index contributed by atoms with van der Waals surface area (Å²) < 4.78 is 4.00. The van der Waals surface area contributed by atoms with Crippen molar-refractivity contribution in [1.82, 2.24) is 19.3 Å². The highest BCUT2D eigenvalue weighted by Crippen LogP contribution is 2.19. The first-order valence-corrected chi connectivity index (χ1v) is 7.28. The highest BCUT2D eigenvalue weighted by Gasteiger charge is 2.11. The Balaban J connectivity index is 1.99. The topological polar surface area (TPSA) is 59.4 Å². The molecule has 5 nitrogen and oxygen atoms in total. The molecule has 2 aromatic heterocycles. The summed E-state index contributed by atoms with van der Waals surface area (Å²) in [7, 11) is 0. The van der Waals surface area contributed by atoms with Gasteiger partial charge in [-0.1, -0.05) is 0 Å². The van der Waals surface area contributed by atoms with Crippen molar-refractivity contribution in [2.45, 2.75) is 19.5 Å². The van der Waals surface area contributed by atoms with Gasteiger partial charge in [0.15, 0.2) is 0 Å². The fourth-order valence-corrected chi connectivity index (χ4v) is 2.57. The van der Waals surface area contributed by atoms with Crippen molar-refractivity contribution in [3.05, 3.63) is 48.0 Å². The molecule has 0 aliphatic rings. The molecule has 0 aliphatic heterocycles. The van der Waals surface area contributed by atoms with Gasteiger partial charge in [0.2, 0.25) is 0 Å². The molecule has 106 valence electrons. The number of aryl methyl sites for hydroxylation is 3. The lowest BCUT2D eigenvalue weighted by atomic mass is 10.2. The van der Waals surface area contributed by atoms with E-state index in [0.29, 0.717) is 17.9 Å². The van der Waals surface area contributed by atoms with Crippen LogP contribution < -0.4 is 0 Å². The minimum atomic E-state index is 0.524. The van der Waals surface area contributed by atoms with Gasteiger partial charge < -0.3 is 4.57 Å². The second-order valence-corrected chi connectivity index (χ2v) is 5.08. The third-order valence-corrected chi connectivity index (χ3v) is 3.58. The predicted octanol–water partition coefficient (Wildman–Crippen LogP) is 2.59. The second-order valence-electron chi connectivity index (χ2n) is 4.70.